The van der Waals surface area contributed by atoms with Crippen molar-refractivity contribution >= 4 is 11.8 Å². The van der Waals surface area contributed by atoms with Crippen molar-refractivity contribution < 1.29 is 0 Å². The van der Waals surface area contributed by atoms with Gasteiger partial charge in [0, 0.05) is 24.3 Å². The molecule has 1 heterocycles. The zero-order valence-electron chi connectivity index (χ0n) is 12.4. The lowest BCUT2D eigenvalue weighted by atomic mass is 10.2. The third kappa shape index (κ3) is 4.65. The van der Waals surface area contributed by atoms with Crippen molar-refractivity contribution in [1.29, 1.82) is 0 Å². The molecule has 0 saturated carbocycles. The van der Waals surface area contributed by atoms with Crippen LogP contribution in [0.5, 0.6) is 0 Å². The highest BCUT2D eigenvalue weighted by Crippen LogP contribution is 2.13. The third-order valence-electron chi connectivity index (χ3n) is 3.10. The second-order valence-electron chi connectivity index (χ2n) is 5.24. The van der Waals surface area contributed by atoms with E-state index in [-0.39, 0.29) is 0 Å². The van der Waals surface area contributed by atoms with Crippen molar-refractivity contribution in [2.24, 2.45) is 5.92 Å². The predicted molar refractivity (Wildman–Crippen MR) is 81.2 cm³/mol. The van der Waals surface area contributed by atoms with Crippen LogP contribution in [0.15, 0.2) is 0 Å². The molecule has 0 saturated heterocycles. The normalized spacial score (nSPS) is 11.4. The van der Waals surface area contributed by atoms with Crippen LogP contribution in [0.3, 0.4) is 0 Å². The van der Waals surface area contributed by atoms with Gasteiger partial charge in [0.25, 0.3) is 0 Å². The SMILES string of the molecule is CSCCCn1nc(C)c(CNCC(C)C)c1C. The van der Waals surface area contributed by atoms with Crippen LogP contribution in [0.25, 0.3) is 0 Å². The molecule has 0 aliphatic heterocycles. The van der Waals surface area contributed by atoms with E-state index in [9.17, 15) is 0 Å². The Hall–Kier alpha value is -0.480. The molecule has 0 spiro atoms. The molecule has 0 aromatic carbocycles. The summed E-state index contributed by atoms with van der Waals surface area (Å²) in [5.74, 6) is 1.90. The molecule has 0 bridgehead atoms. The highest BCUT2D eigenvalue weighted by atomic mass is 32.2. The molecule has 1 aromatic rings. The van der Waals surface area contributed by atoms with Gasteiger partial charge in [-0.15, -0.1) is 0 Å². The average molecular weight is 269 g/mol. The van der Waals surface area contributed by atoms with Gasteiger partial charge in [-0.1, -0.05) is 13.8 Å². The molecule has 0 unspecified atom stereocenters. The second kappa shape index (κ2) is 7.85. The number of aryl methyl sites for hydroxylation is 2. The Morgan fingerprint density at radius 2 is 2.06 bits per heavy atom. The fourth-order valence-corrected chi connectivity index (χ4v) is 2.47. The van der Waals surface area contributed by atoms with E-state index in [1.807, 2.05) is 11.8 Å². The molecule has 18 heavy (non-hydrogen) atoms. The third-order valence-corrected chi connectivity index (χ3v) is 3.80. The Bertz CT molecular complexity index is 358. The molecular weight excluding hydrogens is 242 g/mol. The van der Waals surface area contributed by atoms with Crippen LogP contribution in [-0.2, 0) is 13.1 Å². The molecule has 3 nitrogen and oxygen atoms in total. The summed E-state index contributed by atoms with van der Waals surface area (Å²) >= 11 is 1.90. The number of hydrogen-bond acceptors (Lipinski definition) is 3. The maximum atomic E-state index is 4.65. The van der Waals surface area contributed by atoms with Crippen LogP contribution in [0, 0.1) is 19.8 Å². The summed E-state index contributed by atoms with van der Waals surface area (Å²) < 4.78 is 2.16. The van der Waals surface area contributed by atoms with Crippen molar-refractivity contribution in [3.05, 3.63) is 17.0 Å². The summed E-state index contributed by atoms with van der Waals surface area (Å²) in [7, 11) is 0. The molecule has 0 aliphatic carbocycles. The first kappa shape index (κ1) is 15.6. The number of nitrogens with one attached hydrogen (secondary N) is 1. The Morgan fingerprint density at radius 1 is 1.33 bits per heavy atom. The largest absolute Gasteiger partial charge is 0.312 e. The molecule has 0 amide bonds. The molecule has 0 radical (unpaired) electrons. The molecule has 4 heteroatoms. The molecule has 0 atom stereocenters. The fraction of sp³-hybridized carbons (Fsp3) is 0.786. The Balaban J connectivity index is 2.57. The minimum absolute atomic E-state index is 0.697. The van der Waals surface area contributed by atoms with Gasteiger partial charge in [-0.2, -0.15) is 16.9 Å². The van der Waals surface area contributed by atoms with Crippen molar-refractivity contribution in [3.63, 3.8) is 0 Å². The van der Waals surface area contributed by atoms with Gasteiger partial charge in [-0.25, -0.2) is 0 Å². The maximum absolute atomic E-state index is 4.65. The number of rotatable bonds is 8. The van der Waals surface area contributed by atoms with E-state index >= 15 is 0 Å². The molecule has 0 fully saturated rings. The number of aromatic nitrogens is 2. The van der Waals surface area contributed by atoms with Crippen molar-refractivity contribution in [3.8, 4) is 0 Å². The zero-order chi connectivity index (χ0) is 13.5. The lowest BCUT2D eigenvalue weighted by Crippen LogP contribution is -2.19. The molecule has 1 aromatic heterocycles. The quantitative estimate of drug-likeness (QED) is 0.736. The number of hydrogen-bond donors (Lipinski definition) is 1. The highest BCUT2D eigenvalue weighted by molar-refractivity contribution is 7.98. The van der Waals surface area contributed by atoms with Crippen molar-refractivity contribution in [1.82, 2.24) is 15.1 Å². The predicted octanol–water partition coefficient (Wildman–Crippen LogP) is 3.00. The van der Waals surface area contributed by atoms with Gasteiger partial charge in [0.2, 0.25) is 0 Å². The summed E-state index contributed by atoms with van der Waals surface area (Å²) in [4.78, 5) is 0. The maximum Gasteiger partial charge on any atom is 0.0641 e. The molecule has 0 aliphatic rings. The van der Waals surface area contributed by atoms with E-state index in [0.29, 0.717) is 5.92 Å². The van der Waals surface area contributed by atoms with E-state index in [4.69, 9.17) is 0 Å². The summed E-state index contributed by atoms with van der Waals surface area (Å²) in [6.45, 7) is 11.8. The zero-order valence-corrected chi connectivity index (χ0v) is 13.2. The van der Waals surface area contributed by atoms with Crippen LogP contribution in [0.2, 0.25) is 0 Å². The highest BCUT2D eigenvalue weighted by Gasteiger charge is 2.10. The average Bonchev–Trinajstić information content (AvgIpc) is 2.56. The minimum Gasteiger partial charge on any atom is -0.312 e. The summed E-state index contributed by atoms with van der Waals surface area (Å²) in [6, 6.07) is 0. The minimum atomic E-state index is 0.697. The van der Waals surface area contributed by atoms with Crippen LogP contribution in [-0.4, -0.2) is 28.3 Å². The lowest BCUT2D eigenvalue weighted by Gasteiger charge is -2.08. The Kier molecular flexibility index (Phi) is 6.79. The Morgan fingerprint density at radius 3 is 2.67 bits per heavy atom. The van der Waals surface area contributed by atoms with E-state index in [0.717, 1.165) is 19.6 Å². The van der Waals surface area contributed by atoms with Crippen molar-refractivity contribution in [2.75, 3.05) is 18.6 Å². The first-order chi connectivity index (χ1) is 8.56. The van der Waals surface area contributed by atoms with E-state index in [1.54, 1.807) is 0 Å². The van der Waals surface area contributed by atoms with Gasteiger partial charge < -0.3 is 5.32 Å². The van der Waals surface area contributed by atoms with Gasteiger partial charge >= 0.3 is 0 Å². The van der Waals surface area contributed by atoms with Crippen LogP contribution >= 0.6 is 11.8 Å². The van der Waals surface area contributed by atoms with E-state index < -0.39 is 0 Å². The van der Waals surface area contributed by atoms with E-state index in [2.05, 4.69) is 49.0 Å². The molecule has 1 rings (SSSR count). The van der Waals surface area contributed by atoms with Crippen LogP contribution < -0.4 is 5.32 Å². The summed E-state index contributed by atoms with van der Waals surface area (Å²) in [5, 5.41) is 8.15. The summed E-state index contributed by atoms with van der Waals surface area (Å²) in [6.07, 6.45) is 3.35. The van der Waals surface area contributed by atoms with Crippen LogP contribution in [0.4, 0.5) is 0 Å². The van der Waals surface area contributed by atoms with Gasteiger partial charge in [0.05, 0.1) is 5.69 Å². The van der Waals surface area contributed by atoms with Gasteiger partial charge in [0.1, 0.15) is 0 Å². The lowest BCUT2D eigenvalue weighted by molar-refractivity contribution is 0.549. The first-order valence-corrected chi connectivity index (χ1v) is 8.18. The smallest absolute Gasteiger partial charge is 0.0641 e. The number of thioether (sulfide) groups is 1. The monoisotopic (exact) mass is 269 g/mol. The molecule has 104 valence electrons. The first-order valence-electron chi connectivity index (χ1n) is 6.78. The summed E-state index contributed by atoms with van der Waals surface area (Å²) in [5.41, 5.74) is 3.87. The molecular formula is C14H27N3S. The van der Waals surface area contributed by atoms with E-state index in [1.165, 1.54) is 29.1 Å². The fourth-order valence-electron chi connectivity index (χ4n) is 2.05. The van der Waals surface area contributed by atoms with Gasteiger partial charge in [-0.05, 0) is 44.7 Å². The number of nitrogens with zero attached hydrogens (tertiary/aromatic N) is 2. The van der Waals surface area contributed by atoms with Crippen molar-refractivity contribution in [2.45, 2.75) is 47.2 Å². The topological polar surface area (TPSA) is 29.9 Å². The van der Waals surface area contributed by atoms with Gasteiger partial charge in [0.15, 0.2) is 0 Å². The standard InChI is InChI=1S/C14H27N3S/c1-11(2)9-15-10-14-12(3)16-17(13(14)4)7-6-8-18-5/h11,15H,6-10H2,1-5H3. The van der Waals surface area contributed by atoms with Gasteiger partial charge in [-0.3, -0.25) is 4.68 Å². The molecule has 1 N–H and O–H groups in total. The second-order valence-corrected chi connectivity index (χ2v) is 6.23. The Labute approximate surface area is 116 Å². The van der Waals surface area contributed by atoms with Crippen LogP contribution in [0.1, 0.15) is 37.2 Å².